The second-order valence-corrected chi connectivity index (χ2v) is 5.18. The molecular formula is C15H14F3N5O. The molecule has 24 heavy (non-hydrogen) atoms. The van der Waals surface area contributed by atoms with Crippen LogP contribution in [0.25, 0.3) is 22.4 Å². The SMILES string of the molecule is CN(CCO)c1ccc(C(F)(F)F)c(-c2[nH]nc3ncccc23)n1. The molecule has 3 heterocycles. The normalized spacial score (nSPS) is 11.9. The molecule has 0 aliphatic heterocycles. The molecule has 0 spiro atoms. The number of aromatic nitrogens is 4. The van der Waals surface area contributed by atoms with E-state index in [9.17, 15) is 13.2 Å². The van der Waals surface area contributed by atoms with Gasteiger partial charge in [-0.05, 0) is 24.3 Å². The van der Waals surface area contributed by atoms with Crippen molar-refractivity contribution >= 4 is 16.9 Å². The molecule has 126 valence electrons. The van der Waals surface area contributed by atoms with Crippen molar-refractivity contribution in [1.82, 2.24) is 20.2 Å². The van der Waals surface area contributed by atoms with Gasteiger partial charge in [0, 0.05) is 25.2 Å². The van der Waals surface area contributed by atoms with E-state index < -0.39 is 11.7 Å². The first-order valence-corrected chi connectivity index (χ1v) is 7.11. The van der Waals surface area contributed by atoms with Crippen LogP contribution in [0.5, 0.6) is 0 Å². The smallest absolute Gasteiger partial charge is 0.395 e. The van der Waals surface area contributed by atoms with Crippen LogP contribution in [-0.2, 0) is 6.18 Å². The Hall–Kier alpha value is -2.68. The Morgan fingerprint density at radius 2 is 2.04 bits per heavy atom. The molecule has 3 rings (SSSR count). The average molecular weight is 337 g/mol. The maximum absolute atomic E-state index is 13.4. The molecule has 0 unspecified atom stereocenters. The first-order chi connectivity index (χ1) is 11.4. The third-order valence-corrected chi connectivity index (χ3v) is 3.58. The van der Waals surface area contributed by atoms with Crippen LogP contribution in [0.15, 0.2) is 30.5 Å². The largest absolute Gasteiger partial charge is 0.418 e. The second kappa shape index (κ2) is 6.08. The number of H-pyrrole nitrogens is 1. The molecule has 0 radical (unpaired) electrons. The average Bonchev–Trinajstić information content (AvgIpc) is 2.97. The highest BCUT2D eigenvalue weighted by Gasteiger charge is 2.35. The molecule has 0 aliphatic carbocycles. The number of hydrogen-bond donors (Lipinski definition) is 2. The summed E-state index contributed by atoms with van der Waals surface area (Å²) in [6, 6.07) is 5.51. The number of halogens is 3. The van der Waals surface area contributed by atoms with Crippen molar-refractivity contribution in [2.75, 3.05) is 25.1 Å². The van der Waals surface area contributed by atoms with Crippen molar-refractivity contribution in [1.29, 1.82) is 0 Å². The Morgan fingerprint density at radius 3 is 2.75 bits per heavy atom. The minimum Gasteiger partial charge on any atom is -0.395 e. The Balaban J connectivity index is 2.21. The third kappa shape index (κ3) is 2.90. The topological polar surface area (TPSA) is 77.9 Å². The van der Waals surface area contributed by atoms with E-state index in [1.165, 1.54) is 12.3 Å². The maximum atomic E-state index is 13.4. The molecule has 0 atom stereocenters. The summed E-state index contributed by atoms with van der Waals surface area (Å²) >= 11 is 0. The lowest BCUT2D eigenvalue weighted by Gasteiger charge is -2.19. The zero-order valence-electron chi connectivity index (χ0n) is 12.7. The predicted molar refractivity (Wildman–Crippen MR) is 82.5 cm³/mol. The summed E-state index contributed by atoms with van der Waals surface area (Å²) < 4.78 is 40.1. The number of alkyl halides is 3. The van der Waals surface area contributed by atoms with E-state index in [4.69, 9.17) is 5.11 Å². The molecule has 0 saturated heterocycles. The third-order valence-electron chi connectivity index (χ3n) is 3.58. The number of rotatable bonds is 4. The van der Waals surface area contributed by atoms with Gasteiger partial charge in [-0.15, -0.1) is 0 Å². The van der Waals surface area contributed by atoms with Gasteiger partial charge in [0.15, 0.2) is 5.65 Å². The van der Waals surface area contributed by atoms with Gasteiger partial charge in [-0.2, -0.15) is 18.3 Å². The van der Waals surface area contributed by atoms with Crippen LogP contribution >= 0.6 is 0 Å². The van der Waals surface area contributed by atoms with Gasteiger partial charge >= 0.3 is 6.18 Å². The van der Waals surface area contributed by atoms with Crippen LogP contribution in [0, 0.1) is 0 Å². The Kier molecular flexibility index (Phi) is 4.10. The van der Waals surface area contributed by atoms with E-state index in [1.54, 1.807) is 24.1 Å². The van der Waals surface area contributed by atoms with Crippen molar-refractivity contribution in [3.05, 3.63) is 36.0 Å². The van der Waals surface area contributed by atoms with Gasteiger partial charge in [0.25, 0.3) is 0 Å². The summed E-state index contributed by atoms with van der Waals surface area (Å²) in [7, 11) is 1.64. The monoisotopic (exact) mass is 337 g/mol. The van der Waals surface area contributed by atoms with Gasteiger partial charge in [-0.1, -0.05) is 0 Å². The molecule has 9 heteroatoms. The molecule has 0 aliphatic rings. The summed E-state index contributed by atoms with van der Waals surface area (Å²) in [5.74, 6) is 0.318. The highest BCUT2D eigenvalue weighted by atomic mass is 19.4. The molecule has 3 aromatic rings. The van der Waals surface area contributed by atoms with Crippen molar-refractivity contribution in [3.8, 4) is 11.4 Å². The van der Waals surface area contributed by atoms with E-state index in [-0.39, 0.29) is 24.5 Å². The predicted octanol–water partition coefficient (Wildman–Crippen LogP) is 2.47. The number of pyridine rings is 2. The van der Waals surface area contributed by atoms with Crippen LogP contribution < -0.4 is 4.90 Å². The van der Waals surface area contributed by atoms with E-state index in [0.29, 0.717) is 16.9 Å². The Morgan fingerprint density at radius 1 is 1.25 bits per heavy atom. The highest BCUT2D eigenvalue weighted by molar-refractivity contribution is 5.90. The zero-order valence-corrected chi connectivity index (χ0v) is 12.7. The summed E-state index contributed by atoms with van der Waals surface area (Å²) in [4.78, 5) is 9.73. The second-order valence-electron chi connectivity index (χ2n) is 5.18. The van der Waals surface area contributed by atoms with Crippen LogP contribution in [0.2, 0.25) is 0 Å². The Bertz CT molecular complexity index is 862. The summed E-state index contributed by atoms with van der Waals surface area (Å²) in [6.45, 7) is 0.120. The molecule has 0 fully saturated rings. The van der Waals surface area contributed by atoms with Crippen molar-refractivity contribution in [2.24, 2.45) is 0 Å². The standard InChI is InChI=1S/C15H14F3N5O/c1-23(7-8-24)11-5-4-10(15(16,17)18)13(20-11)12-9-3-2-6-19-14(9)22-21-12/h2-6,24H,7-8H2,1H3,(H,19,21,22). The molecule has 0 bridgehead atoms. The quantitative estimate of drug-likeness (QED) is 0.765. The lowest BCUT2D eigenvalue weighted by atomic mass is 10.1. The lowest BCUT2D eigenvalue weighted by Crippen LogP contribution is -2.23. The fraction of sp³-hybridized carbons (Fsp3) is 0.267. The summed E-state index contributed by atoms with van der Waals surface area (Å²) in [5, 5.41) is 16.0. The number of anilines is 1. The molecule has 0 saturated carbocycles. The molecule has 0 aromatic carbocycles. The molecular weight excluding hydrogens is 323 g/mol. The molecule has 6 nitrogen and oxygen atoms in total. The van der Waals surface area contributed by atoms with Gasteiger partial charge in [0.1, 0.15) is 11.5 Å². The number of likely N-dealkylation sites (N-methyl/N-ethyl adjacent to an activating group) is 1. The van der Waals surface area contributed by atoms with Gasteiger partial charge in [-0.25, -0.2) is 9.97 Å². The van der Waals surface area contributed by atoms with Gasteiger partial charge in [0.05, 0.1) is 17.9 Å². The highest BCUT2D eigenvalue weighted by Crippen LogP contribution is 2.38. The number of nitrogens with one attached hydrogen (secondary N) is 1. The van der Waals surface area contributed by atoms with E-state index in [1.807, 2.05) is 0 Å². The number of hydrogen-bond acceptors (Lipinski definition) is 5. The lowest BCUT2D eigenvalue weighted by molar-refractivity contribution is -0.137. The number of aromatic amines is 1. The van der Waals surface area contributed by atoms with Crippen LogP contribution in [0.1, 0.15) is 5.56 Å². The summed E-state index contributed by atoms with van der Waals surface area (Å²) in [6.07, 6.45) is -3.05. The molecule has 0 amide bonds. The minimum absolute atomic E-state index is 0.133. The van der Waals surface area contributed by atoms with Crippen molar-refractivity contribution < 1.29 is 18.3 Å². The van der Waals surface area contributed by atoms with Crippen LogP contribution in [0.4, 0.5) is 19.0 Å². The van der Waals surface area contributed by atoms with E-state index in [2.05, 4.69) is 20.2 Å². The first kappa shape index (κ1) is 16.2. The van der Waals surface area contributed by atoms with Gasteiger partial charge in [-0.3, -0.25) is 5.10 Å². The van der Waals surface area contributed by atoms with Crippen molar-refractivity contribution in [3.63, 3.8) is 0 Å². The number of aliphatic hydroxyl groups excluding tert-OH is 1. The fourth-order valence-corrected chi connectivity index (χ4v) is 2.38. The Labute approximate surface area is 135 Å². The number of aliphatic hydroxyl groups is 1. The number of nitrogens with zero attached hydrogens (tertiary/aromatic N) is 4. The number of fused-ring (bicyclic) bond motifs is 1. The fourth-order valence-electron chi connectivity index (χ4n) is 2.38. The maximum Gasteiger partial charge on any atom is 0.418 e. The van der Waals surface area contributed by atoms with E-state index in [0.717, 1.165) is 6.07 Å². The van der Waals surface area contributed by atoms with Crippen LogP contribution in [0.3, 0.4) is 0 Å². The van der Waals surface area contributed by atoms with Crippen molar-refractivity contribution in [2.45, 2.75) is 6.18 Å². The van der Waals surface area contributed by atoms with Crippen LogP contribution in [-0.4, -0.2) is 45.5 Å². The van der Waals surface area contributed by atoms with E-state index >= 15 is 0 Å². The molecule has 3 aromatic heterocycles. The summed E-state index contributed by atoms with van der Waals surface area (Å²) in [5.41, 5.74) is -0.639. The van der Waals surface area contributed by atoms with Gasteiger partial charge in [0.2, 0.25) is 0 Å². The minimum atomic E-state index is -4.56. The first-order valence-electron chi connectivity index (χ1n) is 7.11. The molecule has 2 N–H and O–H groups in total. The van der Waals surface area contributed by atoms with Gasteiger partial charge < -0.3 is 10.0 Å². The zero-order chi connectivity index (χ0) is 17.3.